The Bertz CT molecular complexity index is 1010. The van der Waals surface area contributed by atoms with E-state index >= 15 is 0 Å². The van der Waals surface area contributed by atoms with E-state index in [1.54, 1.807) is 35.2 Å². The van der Waals surface area contributed by atoms with E-state index in [-0.39, 0.29) is 36.4 Å². The van der Waals surface area contributed by atoms with Crippen LogP contribution in [0.25, 0.3) is 0 Å². The molecule has 2 amide bonds. The number of fused-ring (bicyclic) bond motifs is 1. The highest BCUT2D eigenvalue weighted by molar-refractivity contribution is 6.30. The molecule has 1 N–H and O–H groups in total. The van der Waals surface area contributed by atoms with Gasteiger partial charge in [0.25, 0.3) is 0 Å². The summed E-state index contributed by atoms with van der Waals surface area (Å²) in [6, 6.07) is 8.35. The molecule has 1 unspecified atom stereocenters. The average molecular weight is 458 g/mol. The quantitative estimate of drug-likeness (QED) is 0.668. The zero-order valence-electron chi connectivity index (χ0n) is 17.5. The van der Waals surface area contributed by atoms with Gasteiger partial charge in [0.15, 0.2) is 17.3 Å². The van der Waals surface area contributed by atoms with Crippen LogP contribution in [0.5, 0.6) is 11.5 Å². The Morgan fingerprint density at radius 1 is 1.09 bits per heavy atom. The summed E-state index contributed by atoms with van der Waals surface area (Å²) >= 11 is 5.82. The predicted octanol–water partition coefficient (Wildman–Crippen LogP) is 3.35. The highest BCUT2D eigenvalue weighted by atomic mass is 35.5. The molecule has 0 saturated carbocycles. The van der Waals surface area contributed by atoms with E-state index in [0.717, 1.165) is 6.42 Å². The third-order valence-electron chi connectivity index (χ3n) is 5.55. The van der Waals surface area contributed by atoms with Crippen molar-refractivity contribution in [2.24, 2.45) is 5.92 Å². The van der Waals surface area contributed by atoms with Gasteiger partial charge in [-0.15, -0.1) is 0 Å². The van der Waals surface area contributed by atoms with Crippen LogP contribution in [0.3, 0.4) is 0 Å². The van der Waals surface area contributed by atoms with Crippen LogP contribution in [0, 0.1) is 5.92 Å². The van der Waals surface area contributed by atoms with E-state index in [1.807, 2.05) is 0 Å². The van der Waals surface area contributed by atoms with Crippen molar-refractivity contribution >= 4 is 35.0 Å². The number of hydrogen-bond acceptors (Lipinski definition) is 6. The lowest BCUT2D eigenvalue weighted by molar-refractivity contribution is -0.134. The molecule has 2 aliphatic rings. The van der Waals surface area contributed by atoms with Gasteiger partial charge in [-0.3, -0.25) is 14.4 Å². The Hall–Kier alpha value is -3.13. The first-order valence-electron chi connectivity index (χ1n) is 10.6. The van der Waals surface area contributed by atoms with Crippen molar-refractivity contribution in [1.82, 2.24) is 9.88 Å². The maximum absolute atomic E-state index is 12.7. The van der Waals surface area contributed by atoms with Gasteiger partial charge in [-0.1, -0.05) is 11.6 Å². The minimum absolute atomic E-state index is 0.0976. The van der Waals surface area contributed by atoms with E-state index in [2.05, 4.69) is 10.3 Å². The molecule has 1 fully saturated rings. The number of pyridine rings is 1. The number of carbonyl (C=O) groups excluding carboxylic acids is 3. The number of likely N-dealkylation sites (tertiary alicyclic amines) is 1. The largest absolute Gasteiger partial charge is 0.486 e. The van der Waals surface area contributed by atoms with Crippen molar-refractivity contribution < 1.29 is 23.9 Å². The molecular formula is C23H24ClN3O5. The molecule has 2 aliphatic heterocycles. The summed E-state index contributed by atoms with van der Waals surface area (Å²) < 4.78 is 11.0. The predicted molar refractivity (Wildman–Crippen MR) is 118 cm³/mol. The number of nitrogens with one attached hydrogen (secondary N) is 1. The third-order valence-corrected chi connectivity index (χ3v) is 5.78. The number of aromatic nitrogens is 1. The molecule has 1 atom stereocenters. The van der Waals surface area contributed by atoms with Crippen LogP contribution in [-0.4, -0.2) is 53.8 Å². The SMILES string of the molecule is O=C(CCC(=O)N1CCCC(C(=O)Nc2ccc(Cl)cn2)C1)c1ccc2c(c1)OCCO2. The van der Waals surface area contributed by atoms with E-state index in [9.17, 15) is 14.4 Å². The van der Waals surface area contributed by atoms with E-state index in [1.165, 1.54) is 6.20 Å². The van der Waals surface area contributed by atoms with Crippen LogP contribution < -0.4 is 14.8 Å². The zero-order chi connectivity index (χ0) is 22.5. The fourth-order valence-corrected chi connectivity index (χ4v) is 3.95. The van der Waals surface area contributed by atoms with Crippen molar-refractivity contribution in [2.45, 2.75) is 25.7 Å². The minimum atomic E-state index is -0.321. The second kappa shape index (κ2) is 9.99. The topological polar surface area (TPSA) is 97.8 Å². The summed E-state index contributed by atoms with van der Waals surface area (Å²) in [5.41, 5.74) is 0.494. The number of carbonyl (C=O) groups is 3. The van der Waals surface area contributed by atoms with Gasteiger partial charge in [-0.05, 0) is 43.2 Å². The number of benzene rings is 1. The number of hydrogen-bond donors (Lipinski definition) is 1. The molecule has 0 aliphatic carbocycles. The number of halogens is 1. The van der Waals surface area contributed by atoms with Gasteiger partial charge in [0, 0.05) is 37.7 Å². The summed E-state index contributed by atoms with van der Waals surface area (Å²) in [7, 11) is 0. The first kappa shape index (κ1) is 22.1. The second-order valence-corrected chi connectivity index (χ2v) is 8.25. The molecule has 2 aromatic rings. The molecule has 0 spiro atoms. The van der Waals surface area contributed by atoms with Crippen molar-refractivity contribution in [3.05, 3.63) is 47.1 Å². The number of piperidine rings is 1. The molecule has 9 heteroatoms. The van der Waals surface area contributed by atoms with Crippen LogP contribution >= 0.6 is 11.6 Å². The minimum Gasteiger partial charge on any atom is -0.486 e. The molecule has 0 radical (unpaired) electrons. The summed E-state index contributed by atoms with van der Waals surface area (Å²) in [5, 5.41) is 3.26. The van der Waals surface area contributed by atoms with Crippen LogP contribution in [0.15, 0.2) is 36.5 Å². The Morgan fingerprint density at radius 3 is 2.69 bits per heavy atom. The Morgan fingerprint density at radius 2 is 1.91 bits per heavy atom. The molecule has 1 saturated heterocycles. The fraction of sp³-hybridized carbons (Fsp3) is 0.391. The number of rotatable bonds is 6. The highest BCUT2D eigenvalue weighted by Gasteiger charge is 2.29. The third kappa shape index (κ3) is 5.37. The standard InChI is InChI=1S/C23H24ClN3O5/c24-17-4-7-21(25-13-17)26-23(30)16-2-1-9-27(14-16)22(29)8-5-18(28)15-3-6-19-20(12-15)32-11-10-31-19/h3-4,6-7,12-13,16H,1-2,5,8-11,14H2,(H,25,26,30). The van der Waals surface area contributed by atoms with Crippen molar-refractivity contribution in [1.29, 1.82) is 0 Å². The summed E-state index contributed by atoms with van der Waals surface area (Å²) in [6.45, 7) is 1.84. The van der Waals surface area contributed by atoms with E-state index in [0.29, 0.717) is 60.6 Å². The number of ketones is 1. The number of Topliss-reactive ketones (excluding diaryl/α,β-unsaturated/α-hetero) is 1. The van der Waals surface area contributed by atoms with Crippen LogP contribution in [0.4, 0.5) is 5.82 Å². The molecule has 32 heavy (non-hydrogen) atoms. The van der Waals surface area contributed by atoms with Gasteiger partial charge in [-0.2, -0.15) is 0 Å². The van der Waals surface area contributed by atoms with Gasteiger partial charge in [-0.25, -0.2) is 4.98 Å². The molecule has 8 nitrogen and oxygen atoms in total. The second-order valence-electron chi connectivity index (χ2n) is 7.81. The summed E-state index contributed by atoms with van der Waals surface area (Å²) in [4.78, 5) is 43.6. The number of ether oxygens (including phenoxy) is 2. The highest BCUT2D eigenvalue weighted by Crippen LogP contribution is 2.31. The fourth-order valence-electron chi connectivity index (χ4n) is 3.84. The van der Waals surface area contributed by atoms with E-state index in [4.69, 9.17) is 21.1 Å². The molecule has 1 aromatic carbocycles. The Kier molecular flexibility index (Phi) is 6.90. The summed E-state index contributed by atoms with van der Waals surface area (Å²) in [6.07, 6.45) is 3.08. The van der Waals surface area contributed by atoms with Crippen LogP contribution in [0.1, 0.15) is 36.0 Å². The smallest absolute Gasteiger partial charge is 0.230 e. The van der Waals surface area contributed by atoms with Crippen molar-refractivity contribution in [3.8, 4) is 11.5 Å². The summed E-state index contributed by atoms with van der Waals surface area (Å²) in [5.74, 6) is 0.841. The van der Waals surface area contributed by atoms with Crippen LogP contribution in [-0.2, 0) is 9.59 Å². The Balaban J connectivity index is 1.29. The van der Waals surface area contributed by atoms with Crippen molar-refractivity contribution in [3.63, 3.8) is 0 Å². The van der Waals surface area contributed by atoms with Gasteiger partial charge in [0.05, 0.1) is 10.9 Å². The van der Waals surface area contributed by atoms with Gasteiger partial charge < -0.3 is 19.7 Å². The number of amides is 2. The van der Waals surface area contributed by atoms with Crippen LogP contribution in [0.2, 0.25) is 5.02 Å². The lowest BCUT2D eigenvalue weighted by atomic mass is 9.96. The molecule has 0 bridgehead atoms. The first-order chi connectivity index (χ1) is 15.5. The zero-order valence-corrected chi connectivity index (χ0v) is 18.3. The average Bonchev–Trinajstić information content (AvgIpc) is 2.83. The number of nitrogens with zero attached hydrogens (tertiary/aromatic N) is 2. The maximum Gasteiger partial charge on any atom is 0.230 e. The number of anilines is 1. The molecule has 3 heterocycles. The normalized spacial score (nSPS) is 17.5. The molecule has 168 valence electrons. The van der Waals surface area contributed by atoms with E-state index < -0.39 is 0 Å². The van der Waals surface area contributed by atoms with Crippen molar-refractivity contribution in [2.75, 3.05) is 31.6 Å². The van der Waals surface area contributed by atoms with Gasteiger partial charge >= 0.3 is 0 Å². The van der Waals surface area contributed by atoms with Gasteiger partial charge in [0.2, 0.25) is 11.8 Å². The van der Waals surface area contributed by atoms with Gasteiger partial charge in [0.1, 0.15) is 19.0 Å². The monoisotopic (exact) mass is 457 g/mol. The lowest BCUT2D eigenvalue weighted by Gasteiger charge is -2.32. The lowest BCUT2D eigenvalue weighted by Crippen LogP contribution is -2.43. The molecule has 4 rings (SSSR count). The first-order valence-corrected chi connectivity index (χ1v) is 11.0. The molecule has 1 aromatic heterocycles. The Labute approximate surface area is 190 Å². The molecular weight excluding hydrogens is 434 g/mol. The maximum atomic E-state index is 12.7.